The number of hydrogen-bond donors (Lipinski definition) is 2. The van der Waals surface area contributed by atoms with Crippen LogP contribution in [0.4, 0.5) is 0 Å². The highest BCUT2D eigenvalue weighted by Crippen LogP contribution is 2.22. The maximum absolute atomic E-state index is 8.30. The Bertz CT molecular complexity index is 83.7. The monoisotopic (exact) mass is 148 g/mol. The van der Waals surface area contributed by atoms with Crippen LogP contribution in [0.2, 0.25) is 0 Å². The lowest BCUT2D eigenvalue weighted by atomic mass is 9.95. The van der Waals surface area contributed by atoms with Crippen molar-refractivity contribution in [2.75, 3.05) is 0 Å². The van der Waals surface area contributed by atoms with E-state index < -0.39 is 0 Å². The van der Waals surface area contributed by atoms with E-state index in [2.05, 4.69) is 9.78 Å². The molecule has 60 valence electrons. The highest BCUT2D eigenvalue weighted by Gasteiger charge is 2.26. The molecule has 10 heavy (non-hydrogen) atoms. The van der Waals surface area contributed by atoms with Crippen LogP contribution in [-0.2, 0) is 9.78 Å². The highest BCUT2D eigenvalue weighted by atomic mass is 17.1. The maximum atomic E-state index is 8.30. The summed E-state index contributed by atoms with van der Waals surface area (Å²) in [7, 11) is 0. The molecule has 2 atom stereocenters. The van der Waals surface area contributed by atoms with Crippen LogP contribution in [0, 0.1) is 0 Å². The van der Waals surface area contributed by atoms with Gasteiger partial charge in [-0.2, -0.15) is 0 Å². The largest absolute Gasteiger partial charge is 0.251 e. The van der Waals surface area contributed by atoms with E-state index in [0.29, 0.717) is 0 Å². The summed E-state index contributed by atoms with van der Waals surface area (Å²) < 4.78 is 0. The molecule has 0 aromatic carbocycles. The van der Waals surface area contributed by atoms with Crippen molar-refractivity contribution >= 4 is 0 Å². The minimum absolute atomic E-state index is 0.348. The molecule has 0 amide bonds. The zero-order chi connectivity index (χ0) is 7.40. The molecule has 0 radical (unpaired) electrons. The highest BCUT2D eigenvalue weighted by molar-refractivity contribution is 4.74. The minimum Gasteiger partial charge on any atom is -0.251 e. The van der Waals surface area contributed by atoms with E-state index in [4.69, 9.17) is 10.5 Å². The van der Waals surface area contributed by atoms with Crippen molar-refractivity contribution < 1.29 is 20.3 Å². The number of hydrogen-bond acceptors (Lipinski definition) is 4. The quantitative estimate of drug-likeness (QED) is 0.457. The van der Waals surface area contributed by atoms with Crippen LogP contribution < -0.4 is 0 Å². The second-order valence-electron chi connectivity index (χ2n) is 2.57. The van der Waals surface area contributed by atoms with Gasteiger partial charge in [-0.05, 0) is 12.8 Å². The van der Waals surface area contributed by atoms with Gasteiger partial charge in [-0.15, -0.1) is 0 Å². The van der Waals surface area contributed by atoms with Gasteiger partial charge in [-0.3, -0.25) is 10.5 Å². The van der Waals surface area contributed by atoms with E-state index >= 15 is 0 Å². The molecule has 0 aliphatic heterocycles. The summed E-state index contributed by atoms with van der Waals surface area (Å²) in [4.78, 5) is 8.22. The third kappa shape index (κ3) is 1.67. The second-order valence-corrected chi connectivity index (χ2v) is 2.57. The van der Waals surface area contributed by atoms with Crippen LogP contribution in [-0.4, -0.2) is 22.7 Å². The minimum atomic E-state index is -0.348. The summed E-state index contributed by atoms with van der Waals surface area (Å²) in [6.07, 6.45) is 2.84. The van der Waals surface area contributed by atoms with Crippen molar-refractivity contribution in [2.24, 2.45) is 0 Å². The topological polar surface area (TPSA) is 58.9 Å². The summed E-state index contributed by atoms with van der Waals surface area (Å²) >= 11 is 0. The molecule has 2 N–H and O–H groups in total. The van der Waals surface area contributed by atoms with E-state index in [1.54, 1.807) is 0 Å². The first-order chi connectivity index (χ1) is 4.88. The van der Waals surface area contributed by atoms with E-state index in [1.165, 1.54) is 0 Å². The first-order valence-electron chi connectivity index (χ1n) is 3.49. The molecule has 4 nitrogen and oxygen atoms in total. The van der Waals surface area contributed by atoms with E-state index in [1.807, 2.05) is 0 Å². The van der Waals surface area contributed by atoms with E-state index in [0.717, 1.165) is 25.7 Å². The van der Waals surface area contributed by atoms with Crippen LogP contribution in [0.1, 0.15) is 25.7 Å². The molecule has 0 bridgehead atoms. The van der Waals surface area contributed by atoms with Gasteiger partial charge in [0.15, 0.2) is 0 Å². The molecule has 4 heteroatoms. The Balaban J connectivity index is 2.34. The number of rotatable bonds is 2. The SMILES string of the molecule is OOC1CCCCC1OO. The van der Waals surface area contributed by atoms with Gasteiger partial charge >= 0.3 is 0 Å². The lowest BCUT2D eigenvalue weighted by molar-refractivity contribution is -0.360. The summed E-state index contributed by atoms with van der Waals surface area (Å²) in [5.74, 6) is 0. The average Bonchev–Trinajstić information content (AvgIpc) is 2.04. The fourth-order valence-electron chi connectivity index (χ4n) is 1.30. The van der Waals surface area contributed by atoms with Gasteiger partial charge in [0, 0.05) is 0 Å². The molecular weight excluding hydrogens is 136 g/mol. The van der Waals surface area contributed by atoms with E-state index in [9.17, 15) is 0 Å². The van der Waals surface area contributed by atoms with Crippen LogP contribution in [0.15, 0.2) is 0 Å². The molecule has 1 saturated carbocycles. The van der Waals surface area contributed by atoms with Crippen LogP contribution in [0.25, 0.3) is 0 Å². The summed E-state index contributed by atoms with van der Waals surface area (Å²) in [5, 5.41) is 16.6. The second kappa shape index (κ2) is 3.88. The molecule has 1 rings (SSSR count). The summed E-state index contributed by atoms with van der Waals surface area (Å²) in [6, 6.07) is 0. The normalized spacial score (nSPS) is 34.2. The third-order valence-corrected chi connectivity index (χ3v) is 1.91. The smallest absolute Gasteiger partial charge is 0.122 e. The van der Waals surface area contributed by atoms with Crippen molar-refractivity contribution in [1.29, 1.82) is 0 Å². The van der Waals surface area contributed by atoms with Crippen molar-refractivity contribution in [2.45, 2.75) is 37.9 Å². The van der Waals surface area contributed by atoms with Gasteiger partial charge in [0.2, 0.25) is 0 Å². The van der Waals surface area contributed by atoms with Crippen molar-refractivity contribution in [3.8, 4) is 0 Å². The molecule has 0 spiro atoms. The van der Waals surface area contributed by atoms with Gasteiger partial charge in [0.1, 0.15) is 12.2 Å². The van der Waals surface area contributed by atoms with Gasteiger partial charge in [0.05, 0.1) is 0 Å². The molecule has 0 aromatic heterocycles. The standard InChI is InChI=1S/C6H12O4/c7-9-5-3-1-2-4-6(5)10-8/h5-8H,1-4H2. The first kappa shape index (κ1) is 7.94. The molecule has 1 aliphatic rings. The molecule has 1 fully saturated rings. The zero-order valence-electron chi connectivity index (χ0n) is 5.69. The maximum Gasteiger partial charge on any atom is 0.122 e. The Morgan fingerprint density at radius 3 is 1.60 bits per heavy atom. The van der Waals surface area contributed by atoms with Gasteiger partial charge in [0.25, 0.3) is 0 Å². The fourth-order valence-corrected chi connectivity index (χ4v) is 1.30. The van der Waals surface area contributed by atoms with Gasteiger partial charge < -0.3 is 0 Å². The Kier molecular flexibility index (Phi) is 3.08. The lowest BCUT2D eigenvalue weighted by Gasteiger charge is -2.25. The molecule has 0 heterocycles. The van der Waals surface area contributed by atoms with Crippen LogP contribution in [0.3, 0.4) is 0 Å². The molecule has 0 saturated heterocycles. The van der Waals surface area contributed by atoms with E-state index in [-0.39, 0.29) is 12.2 Å². The predicted molar refractivity (Wildman–Crippen MR) is 33.5 cm³/mol. The zero-order valence-corrected chi connectivity index (χ0v) is 5.69. The predicted octanol–water partition coefficient (Wildman–Crippen LogP) is 1.28. The van der Waals surface area contributed by atoms with Gasteiger partial charge in [-0.1, -0.05) is 12.8 Å². The van der Waals surface area contributed by atoms with Crippen molar-refractivity contribution in [3.05, 3.63) is 0 Å². The molecular formula is C6H12O4. The molecule has 1 aliphatic carbocycles. The average molecular weight is 148 g/mol. The third-order valence-electron chi connectivity index (χ3n) is 1.91. The fraction of sp³-hybridized carbons (Fsp3) is 1.00. The van der Waals surface area contributed by atoms with Crippen molar-refractivity contribution in [3.63, 3.8) is 0 Å². The van der Waals surface area contributed by atoms with Crippen molar-refractivity contribution in [1.82, 2.24) is 0 Å². The Morgan fingerprint density at radius 2 is 1.30 bits per heavy atom. The first-order valence-corrected chi connectivity index (χ1v) is 3.49. The Morgan fingerprint density at radius 1 is 0.900 bits per heavy atom. The molecule has 0 aromatic rings. The Labute approximate surface area is 59.2 Å². The van der Waals surface area contributed by atoms with Gasteiger partial charge in [-0.25, -0.2) is 9.78 Å². The van der Waals surface area contributed by atoms with Crippen LogP contribution >= 0.6 is 0 Å². The summed E-state index contributed by atoms with van der Waals surface area (Å²) in [6.45, 7) is 0. The Hall–Kier alpha value is -0.160. The summed E-state index contributed by atoms with van der Waals surface area (Å²) in [5.41, 5.74) is 0. The molecule has 2 unspecified atom stereocenters. The lowest BCUT2D eigenvalue weighted by Crippen LogP contribution is -2.33. The van der Waals surface area contributed by atoms with Crippen LogP contribution in [0.5, 0.6) is 0 Å².